The van der Waals surface area contributed by atoms with Gasteiger partial charge >= 0.3 is 13.3 Å². The summed E-state index contributed by atoms with van der Waals surface area (Å²) in [4.78, 5) is 15.6. The second kappa shape index (κ2) is 18.9. The van der Waals surface area contributed by atoms with Gasteiger partial charge in [-0.05, 0) is 12.5 Å². The maximum atomic E-state index is 12.8. The molecule has 1 aliphatic heterocycles. The molecule has 1 aromatic rings. The molecule has 0 amide bonds. The fourth-order valence-electron chi connectivity index (χ4n) is 4.26. The second-order valence-corrected chi connectivity index (χ2v) is 11.7. The minimum Gasteiger partial charge on any atom is -0.394 e. The van der Waals surface area contributed by atoms with Crippen LogP contribution in [0.5, 0.6) is 0 Å². The van der Waals surface area contributed by atoms with Gasteiger partial charge in [-0.2, -0.15) is 4.98 Å². The number of aromatic nitrogens is 2. The first kappa shape index (κ1) is 31.9. The number of nitrogens with zero attached hydrogens (tertiary/aromatic N) is 2. The van der Waals surface area contributed by atoms with Crippen LogP contribution in [0.3, 0.4) is 0 Å². The summed E-state index contributed by atoms with van der Waals surface area (Å²) in [6.45, 7) is 2.44. The number of aliphatic hydroxyl groups excluding tert-OH is 1. The predicted octanol–water partition coefficient (Wildman–Crippen LogP) is 5.40. The van der Waals surface area contributed by atoms with Gasteiger partial charge in [-0.3, -0.25) is 13.7 Å². The molecule has 1 fully saturated rings. The van der Waals surface area contributed by atoms with Crippen LogP contribution in [-0.4, -0.2) is 53.5 Å². The lowest BCUT2D eigenvalue weighted by Crippen LogP contribution is -2.34. The van der Waals surface area contributed by atoms with Crippen molar-refractivity contribution in [1.29, 1.82) is 0 Å². The van der Waals surface area contributed by atoms with Crippen molar-refractivity contribution in [1.82, 2.24) is 9.55 Å². The third-order valence-electron chi connectivity index (χ3n) is 6.46. The van der Waals surface area contributed by atoms with Crippen LogP contribution >= 0.6 is 7.60 Å². The van der Waals surface area contributed by atoms with Crippen LogP contribution in [0.15, 0.2) is 17.1 Å². The molecule has 0 radical (unpaired) electrons. The van der Waals surface area contributed by atoms with Crippen molar-refractivity contribution in [3.8, 4) is 0 Å². The Balaban J connectivity index is 1.47. The van der Waals surface area contributed by atoms with Crippen LogP contribution in [-0.2, 0) is 23.1 Å². The molecular weight excluding hydrogens is 497 g/mol. The Kier molecular flexibility index (Phi) is 16.3. The zero-order chi connectivity index (χ0) is 26.8. The molecule has 10 nitrogen and oxygen atoms in total. The van der Waals surface area contributed by atoms with Gasteiger partial charge in [0.2, 0.25) is 0 Å². The fraction of sp³-hybridized carbons (Fsp3) is 0.846. The topological polar surface area (TPSA) is 135 Å². The monoisotopic (exact) mass is 545 g/mol. The van der Waals surface area contributed by atoms with Crippen LogP contribution in [0.1, 0.15) is 103 Å². The van der Waals surface area contributed by atoms with Crippen molar-refractivity contribution in [2.45, 2.75) is 109 Å². The molecule has 0 aliphatic carbocycles. The fourth-order valence-corrected chi connectivity index (χ4v) is 5.75. The lowest BCUT2D eigenvalue weighted by atomic mass is 10.0. The molecule has 37 heavy (non-hydrogen) atoms. The predicted molar refractivity (Wildman–Crippen MR) is 145 cm³/mol. The Hall–Kier alpha value is -1.29. The third kappa shape index (κ3) is 13.4. The molecule has 11 heteroatoms. The lowest BCUT2D eigenvalue weighted by molar-refractivity contribution is -0.0634. The molecule has 0 spiro atoms. The van der Waals surface area contributed by atoms with Gasteiger partial charge in [-0.15, -0.1) is 0 Å². The zero-order valence-corrected chi connectivity index (χ0v) is 23.5. The van der Waals surface area contributed by atoms with Crippen molar-refractivity contribution in [3.63, 3.8) is 0 Å². The normalized spacial score (nSPS) is 20.8. The summed E-state index contributed by atoms with van der Waals surface area (Å²) in [6.07, 6.45) is 17.7. The van der Waals surface area contributed by atoms with E-state index in [9.17, 15) is 14.5 Å². The van der Waals surface area contributed by atoms with E-state index in [1.807, 2.05) is 0 Å². The molecule has 1 aromatic heterocycles. The number of anilines is 1. The van der Waals surface area contributed by atoms with Gasteiger partial charge < -0.3 is 24.8 Å². The molecule has 0 saturated carbocycles. The third-order valence-corrected chi connectivity index (χ3v) is 8.09. The van der Waals surface area contributed by atoms with Crippen LogP contribution in [0.25, 0.3) is 0 Å². The minimum absolute atomic E-state index is 0.104. The number of hydrogen-bond donors (Lipinski definition) is 2. The molecule has 2 rings (SSSR count). The number of aliphatic hydroxyl groups is 1. The van der Waals surface area contributed by atoms with Gasteiger partial charge in [0.25, 0.3) is 0 Å². The summed E-state index contributed by atoms with van der Waals surface area (Å²) in [6, 6.07) is 1.46. The van der Waals surface area contributed by atoms with E-state index in [0.29, 0.717) is 6.61 Å². The number of nitrogens with two attached hydrogens (primary N) is 1. The van der Waals surface area contributed by atoms with E-state index in [1.165, 1.54) is 93.9 Å². The van der Waals surface area contributed by atoms with E-state index in [1.54, 1.807) is 0 Å². The van der Waals surface area contributed by atoms with Crippen molar-refractivity contribution in [2.24, 2.45) is 0 Å². The molecule has 3 N–H and O–H groups in total. The van der Waals surface area contributed by atoms with Crippen molar-refractivity contribution < 1.29 is 28.2 Å². The highest BCUT2D eigenvalue weighted by atomic mass is 31.2. The molecule has 1 aliphatic rings. The maximum Gasteiger partial charge on any atom is 0.356 e. The Morgan fingerprint density at radius 2 is 1.68 bits per heavy atom. The lowest BCUT2D eigenvalue weighted by Gasteiger charge is -2.31. The molecule has 3 unspecified atom stereocenters. The molecule has 2 heterocycles. The molecule has 214 valence electrons. The Morgan fingerprint density at radius 3 is 2.19 bits per heavy atom. The summed E-state index contributed by atoms with van der Waals surface area (Å²) in [7, 11) is -3.58. The smallest absolute Gasteiger partial charge is 0.356 e. The van der Waals surface area contributed by atoms with Crippen LogP contribution in [0.2, 0.25) is 0 Å². The Morgan fingerprint density at radius 1 is 1.08 bits per heavy atom. The van der Waals surface area contributed by atoms with Gasteiger partial charge in [-0.1, -0.05) is 90.4 Å². The summed E-state index contributed by atoms with van der Waals surface area (Å²) in [5.74, 6) is 0.104. The number of ether oxygens (including phenoxy) is 2. The van der Waals surface area contributed by atoms with Gasteiger partial charge in [0.05, 0.1) is 13.2 Å². The zero-order valence-electron chi connectivity index (χ0n) is 22.6. The van der Waals surface area contributed by atoms with Gasteiger partial charge in [0, 0.05) is 12.8 Å². The molecular formula is C26H48N3O7P. The summed E-state index contributed by atoms with van der Waals surface area (Å²) >= 11 is 0. The van der Waals surface area contributed by atoms with E-state index in [-0.39, 0.29) is 32.0 Å². The van der Waals surface area contributed by atoms with E-state index >= 15 is 0 Å². The molecule has 0 aromatic carbocycles. The maximum absolute atomic E-state index is 12.8. The van der Waals surface area contributed by atoms with Crippen molar-refractivity contribution in [3.05, 3.63) is 22.7 Å². The number of hydrogen-bond acceptors (Lipinski definition) is 9. The summed E-state index contributed by atoms with van der Waals surface area (Å²) in [5.41, 5.74) is 4.91. The first-order valence-electron chi connectivity index (χ1n) is 14.0. The van der Waals surface area contributed by atoms with E-state index in [2.05, 4.69) is 11.9 Å². The standard InChI is InChI=1S/C26H48N3O7P/c1-2-3-4-5-6-7-8-9-10-11-12-13-14-15-18-33-20-23(19-30)36-37(32)22-34-25(21-35-37)29-17-16-24(27)28-26(29)31/h16-17,23,25,30H,2-15,18-22H2,1H3,(H2,27,28,31). The highest BCUT2D eigenvalue weighted by Crippen LogP contribution is 2.53. The average molecular weight is 546 g/mol. The SMILES string of the molecule is CCCCCCCCCCCCCCCCOCC(CO)OP1(=O)COC(n2ccc(N)nc2=O)CO1. The van der Waals surface area contributed by atoms with Gasteiger partial charge in [-0.25, -0.2) is 4.79 Å². The molecule has 1 saturated heterocycles. The summed E-state index contributed by atoms with van der Waals surface area (Å²) in [5, 5.41) is 9.60. The number of rotatable bonds is 21. The van der Waals surface area contributed by atoms with E-state index in [4.69, 9.17) is 24.3 Å². The van der Waals surface area contributed by atoms with Crippen molar-refractivity contribution >= 4 is 13.4 Å². The highest BCUT2D eigenvalue weighted by molar-refractivity contribution is 7.53. The van der Waals surface area contributed by atoms with Gasteiger partial charge in [0.15, 0.2) is 12.6 Å². The Labute approximate surface area is 221 Å². The second-order valence-electron chi connectivity index (χ2n) is 9.78. The number of unbranched alkanes of at least 4 members (excludes halogenated alkanes) is 13. The van der Waals surface area contributed by atoms with Gasteiger partial charge in [0.1, 0.15) is 18.5 Å². The van der Waals surface area contributed by atoms with Crippen molar-refractivity contribution in [2.75, 3.05) is 38.5 Å². The first-order chi connectivity index (χ1) is 18.0. The van der Waals surface area contributed by atoms with E-state index in [0.717, 1.165) is 12.8 Å². The Bertz CT molecular complexity index is 827. The quantitative estimate of drug-likeness (QED) is 0.154. The van der Waals surface area contributed by atoms with E-state index < -0.39 is 25.6 Å². The largest absolute Gasteiger partial charge is 0.394 e. The summed E-state index contributed by atoms with van der Waals surface area (Å²) < 4.78 is 36.1. The average Bonchev–Trinajstić information content (AvgIpc) is 2.88. The highest BCUT2D eigenvalue weighted by Gasteiger charge is 2.36. The van der Waals surface area contributed by atoms with Crippen LogP contribution < -0.4 is 11.4 Å². The number of nitrogen functional groups attached to an aromatic ring is 1. The minimum atomic E-state index is -3.58. The molecule has 0 bridgehead atoms. The first-order valence-corrected chi connectivity index (χ1v) is 15.8. The van der Waals surface area contributed by atoms with Crippen LogP contribution in [0.4, 0.5) is 5.82 Å². The molecule has 3 atom stereocenters. The van der Waals surface area contributed by atoms with Crippen LogP contribution in [0, 0.1) is 0 Å².